The molecule has 0 saturated heterocycles. The second-order valence-electron chi connectivity index (χ2n) is 6.47. The molecule has 0 N–H and O–H groups in total. The molecule has 0 unspecified atom stereocenters. The number of pyridine rings is 2. The molecular weight excluding hydrogens is 300 g/mol. The summed E-state index contributed by atoms with van der Waals surface area (Å²) in [6.45, 7) is 7.50. The summed E-state index contributed by atoms with van der Waals surface area (Å²) in [5.74, 6) is 0.169. The lowest BCUT2D eigenvalue weighted by molar-refractivity contribution is -0.732. The number of ketones is 2. The number of carbonyl (C=O) groups is 2. The van der Waals surface area contributed by atoms with Crippen LogP contribution in [0, 0.1) is 0 Å². The van der Waals surface area contributed by atoms with Gasteiger partial charge < -0.3 is 0 Å². The fraction of sp³-hybridized carbons (Fsp3) is 0.400. The second kappa shape index (κ2) is 7.95. The predicted molar refractivity (Wildman–Crippen MR) is 91.9 cm³/mol. The molecule has 0 aliphatic rings. The van der Waals surface area contributed by atoms with Crippen LogP contribution in [0.3, 0.4) is 0 Å². The van der Waals surface area contributed by atoms with Gasteiger partial charge in [-0.25, -0.2) is 9.13 Å². The van der Waals surface area contributed by atoms with Crippen LogP contribution in [0.4, 0.5) is 0 Å². The Kier molecular flexibility index (Phi) is 5.96. The third kappa shape index (κ3) is 4.57. The SMILES string of the molecule is CC(=O)c1ccc[n+]([C@@H](C)CC[C@H](C)[n+]2cccc(C(C)=O)c2)c1. The molecule has 2 aromatic heterocycles. The number of Topliss-reactive ketones (excluding diaryl/α,β-unsaturated/α-hetero) is 2. The maximum absolute atomic E-state index is 11.5. The number of hydrogen-bond donors (Lipinski definition) is 0. The number of hydrogen-bond acceptors (Lipinski definition) is 2. The van der Waals surface area contributed by atoms with Gasteiger partial charge in [0.25, 0.3) is 0 Å². The molecule has 2 aromatic rings. The zero-order valence-electron chi connectivity index (χ0n) is 14.9. The van der Waals surface area contributed by atoms with Crippen molar-refractivity contribution in [2.75, 3.05) is 0 Å². The Labute approximate surface area is 143 Å². The summed E-state index contributed by atoms with van der Waals surface area (Å²) in [5.41, 5.74) is 1.47. The lowest BCUT2D eigenvalue weighted by Gasteiger charge is -2.11. The lowest BCUT2D eigenvalue weighted by atomic mass is 10.1. The molecule has 2 heterocycles. The fourth-order valence-corrected chi connectivity index (χ4v) is 2.73. The van der Waals surface area contributed by atoms with Crippen molar-refractivity contribution in [1.82, 2.24) is 0 Å². The van der Waals surface area contributed by atoms with Gasteiger partial charge in [0, 0.05) is 25.0 Å². The van der Waals surface area contributed by atoms with Crippen LogP contribution in [0.25, 0.3) is 0 Å². The van der Waals surface area contributed by atoms with Crippen LogP contribution in [0.1, 0.15) is 73.3 Å². The first kappa shape index (κ1) is 18.0. The first-order valence-corrected chi connectivity index (χ1v) is 8.42. The number of rotatable bonds is 7. The van der Waals surface area contributed by atoms with E-state index in [4.69, 9.17) is 0 Å². The van der Waals surface area contributed by atoms with Crippen LogP contribution in [-0.4, -0.2) is 11.6 Å². The smallest absolute Gasteiger partial charge is 0.179 e. The Morgan fingerprint density at radius 3 is 1.54 bits per heavy atom. The first-order chi connectivity index (χ1) is 11.4. The van der Waals surface area contributed by atoms with Crippen molar-refractivity contribution in [2.45, 2.75) is 52.6 Å². The van der Waals surface area contributed by atoms with Gasteiger partial charge in [-0.15, -0.1) is 0 Å². The van der Waals surface area contributed by atoms with Crippen LogP contribution in [-0.2, 0) is 0 Å². The summed E-state index contributed by atoms with van der Waals surface area (Å²) < 4.78 is 4.19. The molecule has 126 valence electrons. The minimum atomic E-state index is 0.0847. The van der Waals surface area contributed by atoms with E-state index in [0.29, 0.717) is 12.1 Å². The Hall–Kier alpha value is -2.36. The van der Waals surface area contributed by atoms with Crippen LogP contribution in [0.2, 0.25) is 0 Å². The van der Waals surface area contributed by atoms with Gasteiger partial charge in [-0.2, -0.15) is 0 Å². The van der Waals surface area contributed by atoms with E-state index in [0.717, 1.165) is 24.0 Å². The second-order valence-corrected chi connectivity index (χ2v) is 6.47. The van der Waals surface area contributed by atoms with Crippen molar-refractivity contribution in [1.29, 1.82) is 0 Å². The summed E-state index contributed by atoms with van der Waals surface area (Å²) in [5, 5.41) is 0. The summed E-state index contributed by atoms with van der Waals surface area (Å²) in [6, 6.07) is 8.14. The van der Waals surface area contributed by atoms with Gasteiger partial charge in [0.05, 0.1) is 11.1 Å². The molecule has 4 nitrogen and oxygen atoms in total. The van der Waals surface area contributed by atoms with Crippen LogP contribution in [0.5, 0.6) is 0 Å². The van der Waals surface area contributed by atoms with E-state index in [1.165, 1.54) is 0 Å². The highest BCUT2D eigenvalue weighted by molar-refractivity contribution is 5.93. The lowest BCUT2D eigenvalue weighted by Crippen LogP contribution is -2.41. The molecule has 2 rings (SSSR count). The highest BCUT2D eigenvalue weighted by Crippen LogP contribution is 2.13. The van der Waals surface area contributed by atoms with Gasteiger partial charge in [-0.05, 0) is 39.8 Å². The van der Waals surface area contributed by atoms with Gasteiger partial charge in [0.2, 0.25) is 0 Å². The van der Waals surface area contributed by atoms with Crippen molar-refractivity contribution in [3.8, 4) is 0 Å². The monoisotopic (exact) mass is 326 g/mol. The maximum Gasteiger partial charge on any atom is 0.179 e. The molecule has 24 heavy (non-hydrogen) atoms. The minimum absolute atomic E-state index is 0.0847. The van der Waals surface area contributed by atoms with Crippen LogP contribution >= 0.6 is 0 Å². The van der Waals surface area contributed by atoms with Gasteiger partial charge in [0.1, 0.15) is 0 Å². The molecule has 0 amide bonds. The topological polar surface area (TPSA) is 41.9 Å². The van der Waals surface area contributed by atoms with E-state index in [9.17, 15) is 9.59 Å². The largest absolute Gasteiger partial charge is 0.294 e. The van der Waals surface area contributed by atoms with E-state index >= 15 is 0 Å². The third-order valence-electron chi connectivity index (χ3n) is 4.48. The summed E-state index contributed by atoms with van der Waals surface area (Å²) in [6.07, 6.45) is 9.83. The quantitative estimate of drug-likeness (QED) is 0.579. The standard InChI is InChI=1S/C20H26N2O2/c1-15(21-11-5-7-19(13-21)17(3)23)9-10-16(2)22-12-6-8-20(14-22)18(4)24/h5-8,11-16H,9-10H2,1-4H3/q+2/t15-,16-/m0/s1. The molecule has 4 heteroatoms. The average Bonchev–Trinajstić information content (AvgIpc) is 2.59. The third-order valence-corrected chi connectivity index (χ3v) is 4.48. The van der Waals surface area contributed by atoms with E-state index in [1.54, 1.807) is 13.8 Å². The molecule has 0 aromatic carbocycles. The fourth-order valence-electron chi connectivity index (χ4n) is 2.73. The van der Waals surface area contributed by atoms with E-state index < -0.39 is 0 Å². The summed E-state index contributed by atoms with van der Waals surface area (Å²) >= 11 is 0. The highest BCUT2D eigenvalue weighted by Gasteiger charge is 2.19. The average molecular weight is 326 g/mol. The van der Waals surface area contributed by atoms with Gasteiger partial charge in [-0.1, -0.05) is 0 Å². The molecule has 0 fully saturated rings. The molecular formula is C20H26N2O2+2. The zero-order valence-corrected chi connectivity index (χ0v) is 14.9. The number of carbonyl (C=O) groups excluding carboxylic acids is 2. The van der Waals surface area contributed by atoms with Gasteiger partial charge >= 0.3 is 0 Å². The van der Waals surface area contributed by atoms with E-state index in [1.807, 2.05) is 49.1 Å². The zero-order chi connectivity index (χ0) is 17.7. The number of aromatic nitrogens is 2. The van der Waals surface area contributed by atoms with Crippen molar-refractivity contribution < 1.29 is 18.7 Å². The summed E-state index contributed by atoms with van der Waals surface area (Å²) in [7, 11) is 0. The van der Waals surface area contributed by atoms with Crippen molar-refractivity contribution in [2.24, 2.45) is 0 Å². The molecule has 0 bridgehead atoms. The van der Waals surface area contributed by atoms with Crippen LogP contribution in [0.15, 0.2) is 49.1 Å². The Balaban J connectivity index is 2.02. The van der Waals surface area contributed by atoms with Crippen LogP contribution < -0.4 is 9.13 Å². The normalized spacial score (nSPS) is 13.3. The van der Waals surface area contributed by atoms with Crippen molar-refractivity contribution in [3.05, 3.63) is 60.2 Å². The first-order valence-electron chi connectivity index (χ1n) is 8.42. The van der Waals surface area contributed by atoms with Gasteiger partial charge in [0.15, 0.2) is 48.4 Å². The van der Waals surface area contributed by atoms with E-state index in [2.05, 4.69) is 23.0 Å². The highest BCUT2D eigenvalue weighted by atomic mass is 16.1. The molecule has 0 aliphatic carbocycles. The van der Waals surface area contributed by atoms with Gasteiger partial charge in [-0.3, -0.25) is 9.59 Å². The Morgan fingerprint density at radius 2 is 1.21 bits per heavy atom. The molecule has 2 atom stereocenters. The van der Waals surface area contributed by atoms with Crippen molar-refractivity contribution in [3.63, 3.8) is 0 Å². The molecule has 0 aliphatic heterocycles. The predicted octanol–water partition coefficient (Wildman–Crippen LogP) is 3.27. The molecule has 0 spiro atoms. The van der Waals surface area contributed by atoms with Crippen molar-refractivity contribution >= 4 is 11.6 Å². The minimum Gasteiger partial charge on any atom is -0.294 e. The number of nitrogens with zero attached hydrogens (tertiary/aromatic N) is 2. The molecule has 0 radical (unpaired) electrons. The van der Waals surface area contributed by atoms with E-state index in [-0.39, 0.29) is 11.6 Å². The molecule has 0 saturated carbocycles. The Bertz CT molecular complexity index is 676. The summed E-state index contributed by atoms with van der Waals surface area (Å²) in [4.78, 5) is 23.0. The maximum atomic E-state index is 11.5. The Morgan fingerprint density at radius 1 is 0.833 bits per heavy atom.